The zero-order valence-electron chi connectivity index (χ0n) is 10.8. The van der Waals surface area contributed by atoms with Gasteiger partial charge in [-0.3, -0.25) is 10.1 Å². The highest BCUT2D eigenvalue weighted by atomic mass is 79.9. The Morgan fingerprint density at radius 2 is 2.30 bits per heavy atom. The Kier molecular flexibility index (Phi) is 5.17. The van der Waals surface area contributed by atoms with Gasteiger partial charge in [0.25, 0.3) is 0 Å². The Labute approximate surface area is 129 Å². The standard InChI is InChI=1S/C14H14BrNO3S/c1-19-12-5-4-9(15)7-11(12)13(14(17)18)16-8-10-3-2-6-20-10/h2-7,13,16H,8H2,1H3,(H,17,18). The number of carbonyl (C=O) groups is 1. The van der Waals surface area contributed by atoms with Gasteiger partial charge in [-0.2, -0.15) is 0 Å². The monoisotopic (exact) mass is 355 g/mol. The molecule has 0 saturated heterocycles. The number of thiophene rings is 1. The van der Waals surface area contributed by atoms with E-state index >= 15 is 0 Å². The topological polar surface area (TPSA) is 58.6 Å². The molecule has 0 bridgehead atoms. The molecular weight excluding hydrogens is 342 g/mol. The van der Waals surface area contributed by atoms with Gasteiger partial charge in [-0.25, -0.2) is 0 Å². The summed E-state index contributed by atoms with van der Waals surface area (Å²) in [5, 5.41) is 14.5. The maximum atomic E-state index is 11.5. The molecule has 2 N–H and O–H groups in total. The zero-order valence-corrected chi connectivity index (χ0v) is 13.2. The molecule has 0 saturated carbocycles. The molecule has 6 heteroatoms. The number of nitrogens with one attached hydrogen (secondary N) is 1. The molecule has 2 rings (SSSR count). The van der Waals surface area contributed by atoms with Crippen molar-refractivity contribution in [2.24, 2.45) is 0 Å². The lowest BCUT2D eigenvalue weighted by atomic mass is 10.1. The quantitative estimate of drug-likeness (QED) is 0.833. The minimum atomic E-state index is -0.932. The van der Waals surface area contributed by atoms with Gasteiger partial charge >= 0.3 is 5.97 Å². The number of aliphatic carboxylic acids is 1. The van der Waals surface area contributed by atoms with Crippen molar-refractivity contribution in [3.05, 3.63) is 50.6 Å². The normalized spacial score (nSPS) is 12.1. The van der Waals surface area contributed by atoms with Crippen molar-refractivity contribution in [2.45, 2.75) is 12.6 Å². The second kappa shape index (κ2) is 6.88. The molecule has 0 aliphatic heterocycles. The number of carboxylic acids is 1. The number of methoxy groups -OCH3 is 1. The van der Waals surface area contributed by atoms with E-state index < -0.39 is 12.0 Å². The van der Waals surface area contributed by atoms with Crippen LogP contribution in [0.4, 0.5) is 0 Å². The summed E-state index contributed by atoms with van der Waals surface area (Å²) in [7, 11) is 1.53. The molecule has 1 aromatic heterocycles. The molecule has 20 heavy (non-hydrogen) atoms. The highest BCUT2D eigenvalue weighted by molar-refractivity contribution is 9.10. The smallest absolute Gasteiger partial charge is 0.325 e. The van der Waals surface area contributed by atoms with Crippen LogP contribution in [0.25, 0.3) is 0 Å². The molecule has 0 aliphatic rings. The average Bonchev–Trinajstić information content (AvgIpc) is 2.92. The number of hydrogen-bond acceptors (Lipinski definition) is 4. The van der Waals surface area contributed by atoms with Crippen LogP contribution in [-0.2, 0) is 11.3 Å². The van der Waals surface area contributed by atoms with Gasteiger partial charge in [-0.1, -0.05) is 22.0 Å². The van der Waals surface area contributed by atoms with Gasteiger partial charge < -0.3 is 9.84 Å². The van der Waals surface area contributed by atoms with Gasteiger partial charge in [0.2, 0.25) is 0 Å². The van der Waals surface area contributed by atoms with Crippen molar-refractivity contribution in [3.8, 4) is 5.75 Å². The largest absolute Gasteiger partial charge is 0.496 e. The Morgan fingerprint density at radius 3 is 2.90 bits per heavy atom. The van der Waals surface area contributed by atoms with Crippen LogP contribution in [0.2, 0.25) is 0 Å². The minimum Gasteiger partial charge on any atom is -0.496 e. The van der Waals surface area contributed by atoms with Gasteiger partial charge in [0.1, 0.15) is 11.8 Å². The Bertz CT molecular complexity index is 586. The molecule has 0 fully saturated rings. The first-order chi connectivity index (χ1) is 9.61. The van der Waals surface area contributed by atoms with Gasteiger partial charge in [0.05, 0.1) is 7.11 Å². The van der Waals surface area contributed by atoms with Crippen molar-refractivity contribution >= 4 is 33.2 Å². The Morgan fingerprint density at radius 1 is 1.50 bits per heavy atom. The third-order valence-electron chi connectivity index (χ3n) is 2.81. The second-order valence-electron chi connectivity index (χ2n) is 4.12. The predicted octanol–water partition coefficient (Wildman–Crippen LogP) is 3.43. The van der Waals surface area contributed by atoms with Crippen LogP contribution in [0, 0.1) is 0 Å². The lowest BCUT2D eigenvalue weighted by Crippen LogP contribution is -2.28. The van der Waals surface area contributed by atoms with Crippen molar-refractivity contribution in [1.29, 1.82) is 0 Å². The minimum absolute atomic E-state index is 0.504. The molecular formula is C14H14BrNO3S. The summed E-state index contributed by atoms with van der Waals surface area (Å²) in [4.78, 5) is 12.6. The summed E-state index contributed by atoms with van der Waals surface area (Å²) >= 11 is 4.95. The molecule has 1 atom stereocenters. The number of benzene rings is 1. The lowest BCUT2D eigenvalue weighted by molar-refractivity contribution is -0.139. The van der Waals surface area contributed by atoms with E-state index in [1.165, 1.54) is 7.11 Å². The maximum Gasteiger partial charge on any atom is 0.325 e. The van der Waals surface area contributed by atoms with Crippen LogP contribution in [0.1, 0.15) is 16.5 Å². The van der Waals surface area contributed by atoms with E-state index in [-0.39, 0.29) is 0 Å². The fraction of sp³-hybridized carbons (Fsp3) is 0.214. The van der Waals surface area contributed by atoms with E-state index in [0.717, 1.165) is 9.35 Å². The van der Waals surface area contributed by atoms with Crippen LogP contribution in [-0.4, -0.2) is 18.2 Å². The number of hydrogen-bond donors (Lipinski definition) is 2. The summed E-state index contributed by atoms with van der Waals surface area (Å²) in [5.74, 6) is -0.378. The molecule has 2 aromatic rings. The molecule has 0 radical (unpaired) electrons. The summed E-state index contributed by atoms with van der Waals surface area (Å²) in [6, 6.07) is 8.43. The summed E-state index contributed by atoms with van der Waals surface area (Å²) in [6.07, 6.45) is 0. The maximum absolute atomic E-state index is 11.5. The van der Waals surface area contributed by atoms with Crippen molar-refractivity contribution < 1.29 is 14.6 Å². The predicted molar refractivity (Wildman–Crippen MR) is 82.2 cm³/mol. The fourth-order valence-corrected chi connectivity index (χ4v) is 2.91. The first kappa shape index (κ1) is 15.0. The van der Waals surface area contributed by atoms with E-state index in [4.69, 9.17) is 4.74 Å². The first-order valence-electron chi connectivity index (χ1n) is 5.94. The average molecular weight is 356 g/mol. The molecule has 1 heterocycles. The molecule has 1 aromatic carbocycles. The van der Waals surface area contributed by atoms with E-state index in [9.17, 15) is 9.90 Å². The molecule has 0 amide bonds. The number of carboxylic acid groups (broad SMARTS) is 1. The third kappa shape index (κ3) is 3.59. The van der Waals surface area contributed by atoms with Crippen molar-refractivity contribution in [3.63, 3.8) is 0 Å². The van der Waals surface area contributed by atoms with E-state index in [1.54, 1.807) is 23.5 Å². The zero-order chi connectivity index (χ0) is 14.5. The van der Waals surface area contributed by atoms with Crippen LogP contribution >= 0.6 is 27.3 Å². The van der Waals surface area contributed by atoms with Crippen LogP contribution in [0.5, 0.6) is 5.75 Å². The Hall–Kier alpha value is -1.37. The number of rotatable bonds is 6. The van der Waals surface area contributed by atoms with Crippen LogP contribution < -0.4 is 10.1 Å². The molecule has 1 unspecified atom stereocenters. The fourth-order valence-electron chi connectivity index (χ4n) is 1.88. The van der Waals surface area contributed by atoms with Gasteiger partial charge in [0, 0.05) is 21.5 Å². The summed E-state index contributed by atoms with van der Waals surface area (Å²) in [5.41, 5.74) is 0.603. The molecule has 4 nitrogen and oxygen atoms in total. The molecule has 0 aliphatic carbocycles. The number of halogens is 1. The van der Waals surface area contributed by atoms with Gasteiger partial charge in [-0.05, 0) is 29.6 Å². The Balaban J connectivity index is 2.24. The van der Waals surface area contributed by atoms with Crippen molar-refractivity contribution in [2.75, 3.05) is 7.11 Å². The highest BCUT2D eigenvalue weighted by Gasteiger charge is 2.23. The van der Waals surface area contributed by atoms with Gasteiger partial charge in [-0.15, -0.1) is 11.3 Å². The van der Waals surface area contributed by atoms with Gasteiger partial charge in [0.15, 0.2) is 0 Å². The van der Waals surface area contributed by atoms with Crippen molar-refractivity contribution in [1.82, 2.24) is 5.32 Å². The molecule has 0 spiro atoms. The van der Waals surface area contributed by atoms with E-state index in [0.29, 0.717) is 17.9 Å². The van der Waals surface area contributed by atoms with Crippen LogP contribution in [0.15, 0.2) is 40.2 Å². The number of ether oxygens (including phenoxy) is 1. The molecule has 106 valence electrons. The van der Waals surface area contributed by atoms with E-state index in [1.807, 2.05) is 23.6 Å². The highest BCUT2D eigenvalue weighted by Crippen LogP contribution is 2.29. The first-order valence-corrected chi connectivity index (χ1v) is 7.61. The summed E-state index contributed by atoms with van der Waals surface area (Å²) < 4.78 is 6.06. The lowest BCUT2D eigenvalue weighted by Gasteiger charge is -2.17. The second-order valence-corrected chi connectivity index (χ2v) is 6.07. The van der Waals surface area contributed by atoms with E-state index in [2.05, 4.69) is 21.2 Å². The van der Waals surface area contributed by atoms with Crippen LogP contribution in [0.3, 0.4) is 0 Å². The SMILES string of the molecule is COc1ccc(Br)cc1C(NCc1cccs1)C(=O)O. The summed E-state index contributed by atoms with van der Waals surface area (Å²) in [6.45, 7) is 0.504. The third-order valence-corrected chi connectivity index (χ3v) is 4.18.